The fourth-order valence-corrected chi connectivity index (χ4v) is 4.62. The van der Waals surface area contributed by atoms with Crippen LogP contribution in [-0.4, -0.2) is 51.7 Å². The number of benzene rings is 1. The maximum atomic E-state index is 13.2. The lowest BCUT2D eigenvalue weighted by Crippen LogP contribution is -2.53. The molecule has 0 spiro atoms. The summed E-state index contributed by atoms with van der Waals surface area (Å²) in [5.41, 5.74) is 4.12. The van der Waals surface area contributed by atoms with E-state index in [1.54, 1.807) is 4.90 Å². The highest BCUT2D eigenvalue weighted by atomic mass is 16.3. The van der Waals surface area contributed by atoms with Crippen molar-refractivity contribution in [2.24, 2.45) is 0 Å². The Morgan fingerprint density at radius 2 is 1.84 bits per heavy atom. The number of hydrogen-bond donors (Lipinski definition) is 3. The van der Waals surface area contributed by atoms with Crippen LogP contribution in [-0.2, 0) is 16.1 Å². The van der Waals surface area contributed by atoms with Gasteiger partial charge in [-0.15, -0.1) is 0 Å². The molecule has 3 N–H and O–H groups in total. The van der Waals surface area contributed by atoms with Crippen LogP contribution < -0.4 is 5.32 Å². The highest BCUT2D eigenvalue weighted by Crippen LogP contribution is 2.24. The first-order valence-electron chi connectivity index (χ1n) is 13.5. The van der Waals surface area contributed by atoms with E-state index in [1.165, 1.54) is 0 Å². The standard InChI is InChI=1S/C31H41N3O4/c1-5-12-25(20-32)26(7-3)23-17-15-22(16-18-23)21-33-30(37)28(35)29(36)31(38)34(19-6-2)27(8-4)24-13-10-9-11-14-24/h7,10,12-18,27-29,35-36H,5-6,8-9,11,19,21H2,1-4H3,(H,33,37)/b25-12-,26-7-. The van der Waals surface area contributed by atoms with Gasteiger partial charge in [-0.05, 0) is 61.3 Å². The summed E-state index contributed by atoms with van der Waals surface area (Å²) in [5, 5.41) is 33.2. The van der Waals surface area contributed by atoms with Crippen molar-refractivity contribution in [2.75, 3.05) is 6.54 Å². The summed E-state index contributed by atoms with van der Waals surface area (Å²) < 4.78 is 0. The minimum Gasteiger partial charge on any atom is -0.380 e. The summed E-state index contributed by atoms with van der Waals surface area (Å²) in [5.74, 6) is -1.47. The highest BCUT2D eigenvalue weighted by Gasteiger charge is 2.36. The quantitative estimate of drug-likeness (QED) is 0.261. The van der Waals surface area contributed by atoms with Gasteiger partial charge in [0, 0.05) is 13.1 Å². The first-order valence-corrected chi connectivity index (χ1v) is 13.5. The van der Waals surface area contributed by atoms with Crippen molar-refractivity contribution in [2.45, 2.75) is 84.6 Å². The van der Waals surface area contributed by atoms with Gasteiger partial charge in [-0.25, -0.2) is 0 Å². The lowest BCUT2D eigenvalue weighted by Gasteiger charge is -2.35. The number of carbonyl (C=O) groups is 2. The Bertz CT molecular complexity index is 1110. The Hall–Kier alpha value is -3.47. The average molecular weight is 520 g/mol. The summed E-state index contributed by atoms with van der Waals surface area (Å²) in [6.07, 6.45) is 10.2. The van der Waals surface area contributed by atoms with Gasteiger partial charge >= 0.3 is 0 Å². The van der Waals surface area contributed by atoms with Crippen molar-refractivity contribution >= 4 is 17.4 Å². The van der Waals surface area contributed by atoms with Crippen LogP contribution >= 0.6 is 0 Å². The SMILES string of the molecule is C/C=C(\C(C#N)=C/CC)c1ccc(CNC(=O)C(O)C(O)C(=O)N(CCC)C(CC)C2=CCCC=C2)cc1. The number of carbonyl (C=O) groups excluding carboxylic acids is 2. The Morgan fingerprint density at radius 3 is 2.37 bits per heavy atom. The molecule has 7 nitrogen and oxygen atoms in total. The van der Waals surface area contributed by atoms with E-state index < -0.39 is 24.0 Å². The predicted octanol–water partition coefficient (Wildman–Crippen LogP) is 4.58. The van der Waals surface area contributed by atoms with Gasteiger partial charge in [0.25, 0.3) is 11.8 Å². The predicted molar refractivity (Wildman–Crippen MR) is 150 cm³/mol. The first kappa shape index (κ1) is 30.8. The molecule has 1 aromatic carbocycles. The molecule has 38 heavy (non-hydrogen) atoms. The molecule has 0 saturated heterocycles. The minimum absolute atomic E-state index is 0.117. The van der Waals surface area contributed by atoms with E-state index in [1.807, 2.05) is 70.2 Å². The van der Waals surface area contributed by atoms with Gasteiger partial charge in [0.05, 0.1) is 17.7 Å². The number of nitriles is 1. The molecule has 1 aliphatic rings. The van der Waals surface area contributed by atoms with E-state index in [2.05, 4.69) is 23.5 Å². The fourth-order valence-electron chi connectivity index (χ4n) is 4.62. The average Bonchev–Trinajstić information content (AvgIpc) is 2.95. The minimum atomic E-state index is -1.89. The third-order valence-corrected chi connectivity index (χ3v) is 6.58. The van der Waals surface area contributed by atoms with Crippen molar-refractivity contribution in [3.63, 3.8) is 0 Å². The molecule has 0 saturated carbocycles. The summed E-state index contributed by atoms with van der Waals surface area (Å²) in [6.45, 7) is 8.31. The van der Waals surface area contributed by atoms with Crippen LogP contribution in [0, 0.1) is 11.3 Å². The molecule has 3 atom stereocenters. The number of nitrogens with zero attached hydrogens (tertiary/aromatic N) is 2. The monoisotopic (exact) mass is 519 g/mol. The molecule has 0 heterocycles. The lowest BCUT2D eigenvalue weighted by atomic mass is 9.96. The Balaban J connectivity index is 2.06. The molecule has 204 valence electrons. The van der Waals surface area contributed by atoms with Crippen LogP contribution in [0.5, 0.6) is 0 Å². The Labute approximate surface area is 226 Å². The third kappa shape index (κ3) is 8.01. The molecule has 2 amide bonds. The molecule has 0 aliphatic heterocycles. The van der Waals surface area contributed by atoms with Crippen molar-refractivity contribution in [1.82, 2.24) is 10.2 Å². The summed E-state index contributed by atoms with van der Waals surface area (Å²) in [7, 11) is 0. The third-order valence-electron chi connectivity index (χ3n) is 6.58. The van der Waals surface area contributed by atoms with E-state index in [4.69, 9.17) is 0 Å². The number of nitrogens with one attached hydrogen (secondary N) is 1. The molecule has 1 aliphatic carbocycles. The smallest absolute Gasteiger partial charge is 0.255 e. The molecule has 0 bridgehead atoms. The summed E-state index contributed by atoms with van der Waals surface area (Å²) in [6, 6.07) is 9.40. The summed E-state index contributed by atoms with van der Waals surface area (Å²) in [4.78, 5) is 27.4. The van der Waals surface area contributed by atoms with Gasteiger partial charge in [-0.3, -0.25) is 9.59 Å². The number of aliphatic hydroxyl groups is 2. The largest absolute Gasteiger partial charge is 0.380 e. The number of allylic oxidation sites excluding steroid dienone is 6. The van der Waals surface area contributed by atoms with Crippen LogP contribution in [0.1, 0.15) is 70.9 Å². The second kappa shape index (κ2) is 15.7. The number of hydrogen-bond acceptors (Lipinski definition) is 5. The van der Waals surface area contributed by atoms with Gasteiger partial charge < -0.3 is 20.4 Å². The van der Waals surface area contributed by atoms with Gasteiger partial charge in [-0.1, -0.05) is 75.4 Å². The normalized spacial score (nSPS) is 16.2. The van der Waals surface area contributed by atoms with Gasteiger partial charge in [0.15, 0.2) is 12.2 Å². The molecule has 1 aromatic rings. The van der Waals surface area contributed by atoms with Crippen molar-refractivity contribution in [1.29, 1.82) is 5.26 Å². The second-order valence-corrected chi connectivity index (χ2v) is 9.28. The van der Waals surface area contributed by atoms with Gasteiger partial charge in [0.2, 0.25) is 0 Å². The number of rotatable bonds is 13. The molecule has 7 heteroatoms. The molecular formula is C31H41N3O4. The Morgan fingerprint density at radius 1 is 1.13 bits per heavy atom. The maximum Gasteiger partial charge on any atom is 0.255 e. The topological polar surface area (TPSA) is 114 Å². The van der Waals surface area contributed by atoms with E-state index in [0.717, 1.165) is 41.5 Å². The highest BCUT2D eigenvalue weighted by molar-refractivity contribution is 5.91. The molecule has 0 fully saturated rings. The summed E-state index contributed by atoms with van der Waals surface area (Å²) >= 11 is 0. The van der Waals surface area contributed by atoms with E-state index in [-0.39, 0.29) is 12.6 Å². The van der Waals surface area contributed by atoms with Crippen molar-refractivity contribution in [3.8, 4) is 6.07 Å². The molecule has 2 rings (SSSR count). The van der Waals surface area contributed by atoms with Crippen LogP contribution in [0.4, 0.5) is 0 Å². The van der Waals surface area contributed by atoms with Gasteiger partial charge in [0.1, 0.15) is 0 Å². The van der Waals surface area contributed by atoms with Crippen LogP contribution in [0.3, 0.4) is 0 Å². The molecule has 0 radical (unpaired) electrons. The Kier molecular flexibility index (Phi) is 12.7. The first-order chi connectivity index (χ1) is 18.3. The lowest BCUT2D eigenvalue weighted by molar-refractivity contribution is -0.154. The van der Waals surface area contributed by atoms with Crippen LogP contribution in [0.25, 0.3) is 5.57 Å². The maximum absolute atomic E-state index is 13.2. The zero-order chi connectivity index (χ0) is 28.1. The van der Waals surface area contributed by atoms with Crippen molar-refractivity contribution < 1.29 is 19.8 Å². The zero-order valence-corrected chi connectivity index (χ0v) is 23.0. The molecule has 0 aromatic heterocycles. The zero-order valence-electron chi connectivity index (χ0n) is 23.0. The van der Waals surface area contributed by atoms with Gasteiger partial charge in [-0.2, -0.15) is 5.26 Å². The van der Waals surface area contributed by atoms with Crippen LogP contribution in [0.2, 0.25) is 0 Å². The second-order valence-electron chi connectivity index (χ2n) is 9.28. The fraction of sp³-hybridized carbons (Fsp3) is 0.452. The number of amides is 2. The number of aliphatic hydroxyl groups excluding tert-OH is 2. The molecular weight excluding hydrogens is 478 g/mol. The molecule has 3 unspecified atom stereocenters. The van der Waals surface area contributed by atoms with E-state index in [0.29, 0.717) is 25.0 Å². The van der Waals surface area contributed by atoms with E-state index >= 15 is 0 Å². The van der Waals surface area contributed by atoms with E-state index in [9.17, 15) is 25.1 Å². The van der Waals surface area contributed by atoms with Crippen LogP contribution in [0.15, 0.2) is 65.8 Å². The van der Waals surface area contributed by atoms with Crippen molar-refractivity contribution in [3.05, 3.63) is 76.9 Å².